The van der Waals surface area contributed by atoms with Gasteiger partial charge in [-0.05, 0) is 58.9 Å². The van der Waals surface area contributed by atoms with Crippen molar-refractivity contribution in [3.05, 3.63) is 35.4 Å². The van der Waals surface area contributed by atoms with E-state index in [4.69, 9.17) is 10.5 Å². The van der Waals surface area contributed by atoms with Gasteiger partial charge >= 0.3 is 6.09 Å². The van der Waals surface area contributed by atoms with Crippen molar-refractivity contribution < 1.29 is 23.9 Å². The Morgan fingerprint density at radius 3 is 2.25 bits per heavy atom. The number of amides is 4. The van der Waals surface area contributed by atoms with Crippen LogP contribution in [0.3, 0.4) is 0 Å². The smallest absolute Gasteiger partial charge is 0.408 e. The molecule has 0 radical (unpaired) electrons. The molecule has 0 saturated heterocycles. The molecule has 1 saturated carbocycles. The second-order valence-electron chi connectivity index (χ2n) is 12.0. The van der Waals surface area contributed by atoms with Crippen LogP contribution in [0.1, 0.15) is 115 Å². The number of alkyl carbamates (subject to hydrolysis) is 1. The number of carbonyl (C=O) groups is 4. The van der Waals surface area contributed by atoms with Crippen molar-refractivity contribution in [2.45, 2.75) is 129 Å². The molecule has 0 bridgehead atoms. The molecule has 4 amide bonds. The predicted octanol–water partition coefficient (Wildman–Crippen LogP) is 5.05. The van der Waals surface area contributed by atoms with Crippen molar-refractivity contribution in [3.8, 4) is 0 Å². The Bertz CT molecular complexity index is 967. The SMILES string of the molecule is CCCCCCN(C(=O)C(CCC(N)=O)NC(=O)OC(C)(C)C)C(C(=O)NC1CCCCC1)c1ccc(C)cc1. The standard InChI is InChI=1S/C31H50N4O5/c1-6-7-8-12-21-35(29(38)25(19-20-26(32)36)34-30(39)40-31(3,4)5)27(23-17-15-22(2)16-18-23)28(37)33-24-13-10-9-11-14-24/h15-18,24-25,27H,6-14,19-21H2,1-5H3,(H2,32,36)(H,33,37)(H,34,39). The number of primary amides is 1. The molecule has 40 heavy (non-hydrogen) atoms. The van der Waals surface area contributed by atoms with E-state index in [0.717, 1.165) is 56.9 Å². The third-order valence-electron chi connectivity index (χ3n) is 7.11. The number of ether oxygens (including phenoxy) is 1. The second kappa shape index (κ2) is 16.2. The molecule has 9 nitrogen and oxygen atoms in total. The Morgan fingerprint density at radius 2 is 1.68 bits per heavy atom. The van der Waals surface area contributed by atoms with Crippen molar-refractivity contribution in [3.63, 3.8) is 0 Å². The molecule has 0 aromatic heterocycles. The molecule has 0 aliphatic heterocycles. The molecule has 0 heterocycles. The first-order chi connectivity index (χ1) is 18.9. The zero-order valence-corrected chi connectivity index (χ0v) is 25.1. The maximum absolute atomic E-state index is 14.2. The van der Waals surface area contributed by atoms with Gasteiger partial charge in [0.2, 0.25) is 17.7 Å². The van der Waals surface area contributed by atoms with E-state index in [2.05, 4.69) is 17.6 Å². The van der Waals surface area contributed by atoms with Crippen LogP contribution in [0.15, 0.2) is 24.3 Å². The summed E-state index contributed by atoms with van der Waals surface area (Å²) in [4.78, 5) is 54.1. The number of aryl methyl sites for hydroxylation is 1. The lowest BCUT2D eigenvalue weighted by molar-refractivity contribution is -0.143. The van der Waals surface area contributed by atoms with E-state index in [1.165, 1.54) is 0 Å². The highest BCUT2D eigenvalue weighted by Crippen LogP contribution is 2.26. The third-order valence-corrected chi connectivity index (χ3v) is 7.11. The number of hydrogen-bond acceptors (Lipinski definition) is 5. The summed E-state index contributed by atoms with van der Waals surface area (Å²) in [5.74, 6) is -1.25. The first-order valence-corrected chi connectivity index (χ1v) is 14.9. The maximum atomic E-state index is 14.2. The molecular formula is C31H50N4O5. The molecule has 1 aromatic carbocycles. The number of unbranched alkanes of at least 4 members (excludes halogenated alkanes) is 3. The number of rotatable bonds is 14. The second-order valence-corrected chi connectivity index (χ2v) is 12.0. The zero-order chi connectivity index (χ0) is 29.7. The summed E-state index contributed by atoms with van der Waals surface area (Å²) in [6, 6.07) is 5.73. The van der Waals surface area contributed by atoms with Crippen LogP contribution in [-0.4, -0.2) is 52.9 Å². The highest BCUT2D eigenvalue weighted by atomic mass is 16.6. The molecule has 2 unspecified atom stereocenters. The van der Waals surface area contributed by atoms with E-state index in [1.54, 1.807) is 25.7 Å². The number of hydrogen-bond donors (Lipinski definition) is 3. The lowest BCUT2D eigenvalue weighted by Gasteiger charge is -2.36. The molecule has 0 spiro atoms. The maximum Gasteiger partial charge on any atom is 0.408 e. The van der Waals surface area contributed by atoms with Crippen LogP contribution in [0.2, 0.25) is 0 Å². The Balaban J connectivity index is 2.46. The van der Waals surface area contributed by atoms with Crippen LogP contribution < -0.4 is 16.4 Å². The minimum absolute atomic E-state index is 0.00370. The molecule has 9 heteroatoms. The Kier molecular flexibility index (Phi) is 13.4. The van der Waals surface area contributed by atoms with Gasteiger partial charge in [-0.3, -0.25) is 14.4 Å². The molecule has 224 valence electrons. The van der Waals surface area contributed by atoms with E-state index in [-0.39, 0.29) is 24.8 Å². The lowest BCUT2D eigenvalue weighted by atomic mass is 9.94. The fourth-order valence-corrected chi connectivity index (χ4v) is 5.02. The van der Waals surface area contributed by atoms with Crippen molar-refractivity contribution in [1.82, 2.24) is 15.5 Å². The average Bonchev–Trinajstić information content (AvgIpc) is 2.88. The Hall–Kier alpha value is -3.10. The molecule has 1 aliphatic rings. The average molecular weight is 559 g/mol. The van der Waals surface area contributed by atoms with Gasteiger partial charge in [0.1, 0.15) is 17.7 Å². The van der Waals surface area contributed by atoms with E-state index in [0.29, 0.717) is 18.5 Å². The number of nitrogens with zero attached hydrogens (tertiary/aromatic N) is 1. The topological polar surface area (TPSA) is 131 Å². The Morgan fingerprint density at radius 1 is 1.02 bits per heavy atom. The number of carbonyl (C=O) groups excluding carboxylic acids is 4. The number of nitrogens with two attached hydrogens (primary N) is 1. The summed E-state index contributed by atoms with van der Waals surface area (Å²) in [5.41, 5.74) is 6.38. The molecule has 4 N–H and O–H groups in total. The van der Waals surface area contributed by atoms with E-state index in [1.807, 2.05) is 31.2 Å². The van der Waals surface area contributed by atoms with Crippen molar-refractivity contribution in [2.24, 2.45) is 5.73 Å². The first kappa shape index (κ1) is 33.1. The number of nitrogens with one attached hydrogen (secondary N) is 2. The quantitative estimate of drug-likeness (QED) is 0.275. The summed E-state index contributed by atoms with van der Waals surface area (Å²) in [7, 11) is 0. The lowest BCUT2D eigenvalue weighted by Crippen LogP contribution is -2.54. The van der Waals surface area contributed by atoms with Crippen LogP contribution in [0.4, 0.5) is 4.79 Å². The van der Waals surface area contributed by atoms with E-state index >= 15 is 0 Å². The zero-order valence-electron chi connectivity index (χ0n) is 25.1. The molecule has 2 rings (SSSR count). The first-order valence-electron chi connectivity index (χ1n) is 14.9. The van der Waals surface area contributed by atoms with Gasteiger partial charge in [0, 0.05) is 19.0 Å². The Labute approximate surface area is 240 Å². The highest BCUT2D eigenvalue weighted by molar-refractivity contribution is 5.92. The van der Waals surface area contributed by atoms with Crippen molar-refractivity contribution in [2.75, 3.05) is 6.54 Å². The van der Waals surface area contributed by atoms with Crippen LogP contribution in [0, 0.1) is 6.92 Å². The minimum atomic E-state index is -1.08. The molecule has 2 atom stereocenters. The van der Waals surface area contributed by atoms with Gasteiger partial charge in [0.05, 0.1) is 0 Å². The highest BCUT2D eigenvalue weighted by Gasteiger charge is 2.37. The predicted molar refractivity (Wildman–Crippen MR) is 156 cm³/mol. The van der Waals surface area contributed by atoms with E-state index in [9.17, 15) is 19.2 Å². The summed E-state index contributed by atoms with van der Waals surface area (Å²) < 4.78 is 5.41. The van der Waals surface area contributed by atoms with Crippen LogP contribution >= 0.6 is 0 Å². The van der Waals surface area contributed by atoms with Crippen LogP contribution in [0.5, 0.6) is 0 Å². The molecular weight excluding hydrogens is 508 g/mol. The van der Waals surface area contributed by atoms with Gasteiger partial charge in [-0.1, -0.05) is 75.3 Å². The summed E-state index contributed by atoms with van der Waals surface area (Å²) >= 11 is 0. The van der Waals surface area contributed by atoms with Gasteiger partial charge < -0.3 is 26.0 Å². The van der Waals surface area contributed by atoms with Crippen LogP contribution in [0.25, 0.3) is 0 Å². The summed E-state index contributed by atoms with van der Waals surface area (Å²) in [5, 5.41) is 5.87. The minimum Gasteiger partial charge on any atom is -0.444 e. The molecule has 1 aliphatic carbocycles. The monoisotopic (exact) mass is 558 g/mol. The molecule has 1 fully saturated rings. The van der Waals surface area contributed by atoms with Gasteiger partial charge in [-0.2, -0.15) is 0 Å². The number of benzene rings is 1. The molecule has 1 aromatic rings. The van der Waals surface area contributed by atoms with E-state index < -0.39 is 35.6 Å². The summed E-state index contributed by atoms with van der Waals surface area (Å²) in [6.45, 7) is 9.61. The van der Waals surface area contributed by atoms with Gasteiger partial charge in [0.25, 0.3) is 0 Å². The summed E-state index contributed by atoms with van der Waals surface area (Å²) in [6.07, 6.45) is 7.90. The van der Waals surface area contributed by atoms with Gasteiger partial charge in [-0.15, -0.1) is 0 Å². The third kappa shape index (κ3) is 11.6. The van der Waals surface area contributed by atoms with Crippen molar-refractivity contribution >= 4 is 23.8 Å². The fraction of sp³-hybridized carbons (Fsp3) is 0.677. The van der Waals surface area contributed by atoms with Crippen LogP contribution in [-0.2, 0) is 19.1 Å². The van der Waals surface area contributed by atoms with Gasteiger partial charge in [0.15, 0.2) is 0 Å². The largest absolute Gasteiger partial charge is 0.444 e. The fourth-order valence-electron chi connectivity index (χ4n) is 5.02. The normalized spacial score (nSPS) is 15.5. The van der Waals surface area contributed by atoms with Crippen molar-refractivity contribution in [1.29, 1.82) is 0 Å². The van der Waals surface area contributed by atoms with Gasteiger partial charge in [-0.25, -0.2) is 4.79 Å².